The molecule has 1 aromatic rings. The molecule has 0 aliphatic carbocycles. The minimum atomic E-state index is -5.11. The molecule has 9 heteroatoms. The number of carbonyl (C=O) groups is 1. The number of nitrogens with zero attached hydrogens (tertiary/aromatic N) is 1. The highest BCUT2D eigenvalue weighted by Gasteiger charge is 2.38. The summed E-state index contributed by atoms with van der Waals surface area (Å²) in [7, 11) is 0. The lowest BCUT2D eigenvalue weighted by Gasteiger charge is -2.09. The lowest BCUT2D eigenvalue weighted by atomic mass is 10.1. The van der Waals surface area contributed by atoms with E-state index in [4.69, 9.17) is 5.11 Å². The molecular formula is C8H3F4NO4. The number of nitro groups is 1. The molecule has 0 aliphatic heterocycles. The Morgan fingerprint density at radius 3 is 2.24 bits per heavy atom. The molecule has 0 spiro atoms. The molecule has 0 unspecified atom stereocenters. The zero-order chi connectivity index (χ0) is 13.4. The molecule has 1 rings (SSSR count). The summed E-state index contributed by atoms with van der Waals surface area (Å²) in [4.78, 5) is 19.5. The number of benzene rings is 1. The van der Waals surface area contributed by atoms with E-state index in [0.29, 0.717) is 0 Å². The number of rotatable bonds is 2. The third-order valence-electron chi connectivity index (χ3n) is 1.82. The first kappa shape index (κ1) is 12.9. The van der Waals surface area contributed by atoms with E-state index in [0.717, 1.165) is 0 Å². The van der Waals surface area contributed by atoms with Gasteiger partial charge in [0.05, 0.1) is 16.1 Å². The fraction of sp³-hybridized carbons (Fsp3) is 0.125. The predicted octanol–water partition coefficient (Wildman–Crippen LogP) is 2.45. The number of hydrogen-bond acceptors (Lipinski definition) is 3. The van der Waals surface area contributed by atoms with Gasteiger partial charge >= 0.3 is 17.8 Å². The zero-order valence-electron chi connectivity index (χ0n) is 7.79. The Labute approximate surface area is 90.4 Å². The normalized spacial score (nSPS) is 11.3. The van der Waals surface area contributed by atoms with E-state index in [1.165, 1.54) is 0 Å². The van der Waals surface area contributed by atoms with Crippen molar-refractivity contribution < 1.29 is 32.4 Å². The number of alkyl halides is 3. The molecule has 1 aromatic carbocycles. The molecule has 0 amide bonds. The summed E-state index contributed by atoms with van der Waals surface area (Å²) >= 11 is 0. The second kappa shape index (κ2) is 4.00. The maximum Gasteiger partial charge on any atom is 0.417 e. The minimum absolute atomic E-state index is 0.0422. The van der Waals surface area contributed by atoms with Gasteiger partial charge in [0.1, 0.15) is 0 Å². The number of hydrogen-bond donors (Lipinski definition) is 1. The molecule has 92 valence electrons. The van der Waals surface area contributed by atoms with Crippen LogP contribution in [0.25, 0.3) is 0 Å². The molecule has 0 heterocycles. The monoisotopic (exact) mass is 253 g/mol. The first-order valence-electron chi connectivity index (χ1n) is 3.93. The Morgan fingerprint density at radius 2 is 1.88 bits per heavy atom. The molecule has 0 atom stereocenters. The van der Waals surface area contributed by atoms with Gasteiger partial charge in [-0.3, -0.25) is 10.1 Å². The van der Waals surface area contributed by atoms with Gasteiger partial charge in [0.25, 0.3) is 0 Å². The summed E-state index contributed by atoms with van der Waals surface area (Å²) in [5, 5.41) is 18.7. The smallest absolute Gasteiger partial charge is 0.417 e. The summed E-state index contributed by atoms with van der Waals surface area (Å²) in [5.41, 5.74) is -4.46. The number of nitro benzene ring substituents is 1. The minimum Gasteiger partial charge on any atom is -0.478 e. The summed E-state index contributed by atoms with van der Waals surface area (Å²) in [6, 6.07) is -0.165. The van der Waals surface area contributed by atoms with Crippen molar-refractivity contribution in [2.45, 2.75) is 6.18 Å². The van der Waals surface area contributed by atoms with Crippen molar-refractivity contribution in [1.82, 2.24) is 0 Å². The first-order valence-corrected chi connectivity index (χ1v) is 3.93. The zero-order valence-corrected chi connectivity index (χ0v) is 7.79. The van der Waals surface area contributed by atoms with E-state index >= 15 is 0 Å². The van der Waals surface area contributed by atoms with E-state index < -0.39 is 39.7 Å². The quantitative estimate of drug-likeness (QED) is 0.498. The van der Waals surface area contributed by atoms with Gasteiger partial charge in [-0.25, -0.2) is 4.79 Å². The molecule has 0 aliphatic rings. The van der Waals surface area contributed by atoms with E-state index in [2.05, 4.69) is 0 Å². The highest BCUT2D eigenvalue weighted by atomic mass is 19.4. The van der Waals surface area contributed by atoms with Crippen LogP contribution < -0.4 is 0 Å². The number of carboxylic acids is 1. The number of carboxylic acid groups (broad SMARTS) is 1. The lowest BCUT2D eigenvalue weighted by molar-refractivity contribution is -0.387. The topological polar surface area (TPSA) is 80.4 Å². The fourth-order valence-electron chi connectivity index (χ4n) is 1.11. The van der Waals surface area contributed by atoms with Gasteiger partial charge in [0.15, 0.2) is 0 Å². The van der Waals surface area contributed by atoms with Crippen LogP contribution in [0.15, 0.2) is 12.1 Å². The Balaban J connectivity index is 3.58. The van der Waals surface area contributed by atoms with Crippen molar-refractivity contribution in [2.24, 2.45) is 0 Å². The Morgan fingerprint density at radius 1 is 1.35 bits per heavy atom. The molecule has 0 radical (unpaired) electrons. The van der Waals surface area contributed by atoms with E-state index in [1.54, 1.807) is 0 Å². The second-order valence-electron chi connectivity index (χ2n) is 2.91. The van der Waals surface area contributed by atoms with Gasteiger partial charge in [0, 0.05) is 6.07 Å². The molecule has 17 heavy (non-hydrogen) atoms. The van der Waals surface area contributed by atoms with Crippen molar-refractivity contribution in [1.29, 1.82) is 0 Å². The molecule has 0 fully saturated rings. The van der Waals surface area contributed by atoms with Crippen LogP contribution in [-0.4, -0.2) is 16.0 Å². The molecule has 0 saturated heterocycles. The number of aromatic carboxylic acids is 1. The summed E-state index contributed by atoms with van der Waals surface area (Å²) in [6.07, 6.45) is -5.11. The van der Waals surface area contributed by atoms with Crippen LogP contribution in [0.5, 0.6) is 0 Å². The standard InChI is InChI=1S/C8H3F4NO4/c9-5-2-4(8(10,11)12)3(7(14)15)1-6(5)13(16)17/h1-2H,(H,14,15). The highest BCUT2D eigenvalue weighted by molar-refractivity contribution is 5.90. The van der Waals surface area contributed by atoms with Gasteiger partial charge in [-0.15, -0.1) is 0 Å². The summed E-state index contributed by atoms with van der Waals surface area (Å²) < 4.78 is 49.9. The molecule has 1 N–H and O–H groups in total. The van der Waals surface area contributed by atoms with Gasteiger partial charge in [-0.05, 0) is 6.07 Å². The summed E-state index contributed by atoms with van der Waals surface area (Å²) in [5.74, 6) is -3.77. The van der Waals surface area contributed by atoms with Crippen LogP contribution in [-0.2, 0) is 6.18 Å². The van der Waals surface area contributed by atoms with Crippen LogP contribution in [0.2, 0.25) is 0 Å². The fourth-order valence-corrected chi connectivity index (χ4v) is 1.11. The molecule has 0 aromatic heterocycles. The average molecular weight is 253 g/mol. The largest absolute Gasteiger partial charge is 0.478 e. The van der Waals surface area contributed by atoms with E-state index in [9.17, 15) is 32.5 Å². The Bertz CT molecular complexity index is 497. The predicted molar refractivity (Wildman–Crippen MR) is 45.0 cm³/mol. The molecule has 0 saturated carbocycles. The van der Waals surface area contributed by atoms with E-state index in [-0.39, 0.29) is 12.1 Å². The van der Waals surface area contributed by atoms with Crippen molar-refractivity contribution in [3.8, 4) is 0 Å². The molecule has 0 bridgehead atoms. The van der Waals surface area contributed by atoms with Crippen LogP contribution >= 0.6 is 0 Å². The van der Waals surface area contributed by atoms with E-state index in [1.807, 2.05) is 0 Å². The summed E-state index contributed by atoms with van der Waals surface area (Å²) in [6.45, 7) is 0. The van der Waals surface area contributed by atoms with Crippen molar-refractivity contribution in [3.05, 3.63) is 39.2 Å². The number of halogens is 4. The van der Waals surface area contributed by atoms with Crippen LogP contribution in [0, 0.1) is 15.9 Å². The van der Waals surface area contributed by atoms with Gasteiger partial charge < -0.3 is 5.11 Å². The van der Waals surface area contributed by atoms with Crippen LogP contribution in [0.3, 0.4) is 0 Å². The Kier molecular flexibility index (Phi) is 3.03. The third kappa shape index (κ3) is 2.49. The third-order valence-corrected chi connectivity index (χ3v) is 1.82. The van der Waals surface area contributed by atoms with Crippen LogP contribution in [0.4, 0.5) is 23.2 Å². The molecular weight excluding hydrogens is 250 g/mol. The maximum absolute atomic E-state index is 12.9. The van der Waals surface area contributed by atoms with Crippen LogP contribution in [0.1, 0.15) is 15.9 Å². The molecule has 5 nitrogen and oxygen atoms in total. The Hall–Kier alpha value is -2.19. The highest BCUT2D eigenvalue weighted by Crippen LogP contribution is 2.35. The maximum atomic E-state index is 12.9. The lowest BCUT2D eigenvalue weighted by Crippen LogP contribution is -2.14. The first-order chi connectivity index (χ1) is 7.64. The van der Waals surface area contributed by atoms with Crippen molar-refractivity contribution in [2.75, 3.05) is 0 Å². The van der Waals surface area contributed by atoms with Crippen molar-refractivity contribution >= 4 is 11.7 Å². The van der Waals surface area contributed by atoms with Gasteiger partial charge in [0.2, 0.25) is 5.82 Å². The average Bonchev–Trinajstić information content (AvgIpc) is 2.14. The van der Waals surface area contributed by atoms with Gasteiger partial charge in [-0.2, -0.15) is 17.6 Å². The SMILES string of the molecule is O=C(O)c1cc([N+](=O)[O-])c(F)cc1C(F)(F)F. The van der Waals surface area contributed by atoms with Gasteiger partial charge in [-0.1, -0.05) is 0 Å². The second-order valence-corrected chi connectivity index (χ2v) is 2.91. The van der Waals surface area contributed by atoms with Crippen molar-refractivity contribution in [3.63, 3.8) is 0 Å².